The SMILES string of the molecule is Nc1ccc2cc(B(O)O)ccc2c1.OBO. The molecule has 6 N–H and O–H groups in total. The van der Waals surface area contributed by atoms with Gasteiger partial charge in [-0.15, -0.1) is 0 Å². The first kappa shape index (κ1) is 13.5. The molecule has 0 aliphatic carbocycles. The highest BCUT2D eigenvalue weighted by atomic mass is 16.4. The van der Waals surface area contributed by atoms with Gasteiger partial charge in [-0.25, -0.2) is 0 Å². The maximum atomic E-state index is 8.97. The van der Waals surface area contributed by atoms with Crippen molar-refractivity contribution < 1.29 is 20.1 Å². The van der Waals surface area contributed by atoms with E-state index >= 15 is 0 Å². The zero-order valence-corrected chi connectivity index (χ0v) is 9.11. The van der Waals surface area contributed by atoms with Crippen LogP contribution in [0.2, 0.25) is 0 Å². The summed E-state index contributed by atoms with van der Waals surface area (Å²) < 4.78 is 0. The maximum Gasteiger partial charge on any atom is 0.488 e. The molecule has 0 aliphatic heterocycles. The molecule has 5 nitrogen and oxygen atoms in total. The Labute approximate surface area is 99.6 Å². The van der Waals surface area contributed by atoms with Gasteiger partial charge in [0.15, 0.2) is 0 Å². The number of hydrogen-bond donors (Lipinski definition) is 5. The number of anilines is 1. The fourth-order valence-corrected chi connectivity index (χ4v) is 1.44. The van der Waals surface area contributed by atoms with E-state index in [1.807, 2.05) is 18.2 Å². The third-order valence-corrected chi connectivity index (χ3v) is 2.19. The third-order valence-electron chi connectivity index (χ3n) is 2.19. The van der Waals surface area contributed by atoms with Gasteiger partial charge in [-0.05, 0) is 28.4 Å². The molecule has 0 spiro atoms. The summed E-state index contributed by atoms with van der Waals surface area (Å²) in [5, 5.41) is 34.1. The largest absolute Gasteiger partial charge is 0.488 e. The molecule has 0 amide bonds. The van der Waals surface area contributed by atoms with Gasteiger partial charge in [0.1, 0.15) is 0 Å². The predicted octanol–water partition coefficient (Wildman–Crippen LogP) is -1.66. The Morgan fingerprint density at radius 2 is 1.47 bits per heavy atom. The highest BCUT2D eigenvalue weighted by molar-refractivity contribution is 6.58. The fraction of sp³-hybridized carbons (Fsp3) is 0. The minimum atomic E-state index is -1.42. The highest BCUT2D eigenvalue weighted by Crippen LogP contribution is 2.15. The molecular formula is C10H13B2NO4. The van der Waals surface area contributed by atoms with Gasteiger partial charge in [-0.1, -0.05) is 24.3 Å². The van der Waals surface area contributed by atoms with Gasteiger partial charge in [0.2, 0.25) is 0 Å². The van der Waals surface area contributed by atoms with Gasteiger partial charge in [-0.3, -0.25) is 0 Å². The predicted molar refractivity (Wildman–Crippen MR) is 69.8 cm³/mol. The van der Waals surface area contributed by atoms with Crippen LogP contribution in [0.3, 0.4) is 0 Å². The molecule has 88 valence electrons. The summed E-state index contributed by atoms with van der Waals surface area (Å²) >= 11 is 0. The Morgan fingerprint density at radius 1 is 0.941 bits per heavy atom. The number of nitrogens with two attached hydrogens (primary N) is 1. The van der Waals surface area contributed by atoms with E-state index in [1.165, 1.54) is 0 Å². The quantitative estimate of drug-likeness (QED) is 0.299. The van der Waals surface area contributed by atoms with Crippen LogP contribution >= 0.6 is 0 Å². The van der Waals surface area contributed by atoms with E-state index in [1.54, 1.807) is 18.2 Å². The molecule has 17 heavy (non-hydrogen) atoms. The van der Waals surface area contributed by atoms with Crippen molar-refractivity contribution >= 4 is 36.7 Å². The minimum absolute atomic E-state index is 0.488. The van der Waals surface area contributed by atoms with Gasteiger partial charge in [-0.2, -0.15) is 0 Å². The lowest BCUT2D eigenvalue weighted by Gasteiger charge is -2.03. The second-order valence-electron chi connectivity index (χ2n) is 3.38. The van der Waals surface area contributed by atoms with E-state index in [2.05, 4.69) is 0 Å². The maximum absolute atomic E-state index is 8.97. The molecule has 0 fully saturated rings. The first-order valence-corrected chi connectivity index (χ1v) is 4.95. The molecule has 0 aliphatic rings. The van der Waals surface area contributed by atoms with Crippen LogP contribution in [0.5, 0.6) is 0 Å². The summed E-state index contributed by atoms with van der Waals surface area (Å²) in [5.41, 5.74) is 6.81. The van der Waals surface area contributed by atoms with Crippen LogP contribution < -0.4 is 11.2 Å². The standard InChI is InChI=1S/C10H10BNO2.BH3O2/c12-10-4-2-7-5-9(11(13)14)3-1-8(7)6-10;2-1-3/h1-6,13-14H,12H2;1-3H. The molecule has 2 rings (SSSR count). The van der Waals surface area contributed by atoms with Crippen LogP contribution in [0, 0.1) is 0 Å². The number of benzene rings is 2. The van der Waals surface area contributed by atoms with E-state index < -0.39 is 14.8 Å². The Hall–Kier alpha value is -1.53. The lowest BCUT2D eigenvalue weighted by molar-refractivity contribution is 0.426. The minimum Gasteiger partial charge on any atom is -0.430 e. The summed E-state index contributed by atoms with van der Waals surface area (Å²) in [6.07, 6.45) is 0. The summed E-state index contributed by atoms with van der Waals surface area (Å²) in [5.74, 6) is 0. The second kappa shape index (κ2) is 6.27. The number of hydrogen-bond acceptors (Lipinski definition) is 5. The summed E-state index contributed by atoms with van der Waals surface area (Å²) in [4.78, 5) is 0. The molecule has 0 saturated carbocycles. The third kappa shape index (κ3) is 3.76. The smallest absolute Gasteiger partial charge is 0.430 e. The first-order valence-electron chi connectivity index (χ1n) is 4.95. The zero-order valence-electron chi connectivity index (χ0n) is 9.11. The van der Waals surface area contributed by atoms with E-state index in [-0.39, 0.29) is 0 Å². The molecule has 0 heterocycles. The molecule has 0 unspecified atom stereocenters. The van der Waals surface area contributed by atoms with Crippen molar-refractivity contribution in [1.29, 1.82) is 0 Å². The van der Waals surface area contributed by atoms with E-state index in [0.29, 0.717) is 11.2 Å². The summed E-state index contributed by atoms with van der Waals surface area (Å²) in [7, 11) is -2.17. The molecule has 2 aromatic carbocycles. The van der Waals surface area contributed by atoms with Crippen LogP contribution in [0.15, 0.2) is 36.4 Å². The van der Waals surface area contributed by atoms with Crippen molar-refractivity contribution in [3.8, 4) is 0 Å². The Bertz CT molecular complexity index is 493. The molecule has 0 radical (unpaired) electrons. The molecule has 0 atom stereocenters. The molecule has 2 aromatic rings. The number of fused-ring (bicyclic) bond motifs is 1. The van der Waals surface area contributed by atoms with Crippen LogP contribution in [0.1, 0.15) is 0 Å². The van der Waals surface area contributed by atoms with Gasteiger partial charge in [0.05, 0.1) is 0 Å². The van der Waals surface area contributed by atoms with Crippen LogP contribution in [-0.2, 0) is 0 Å². The monoisotopic (exact) mass is 233 g/mol. The Kier molecular flexibility index (Phi) is 4.99. The van der Waals surface area contributed by atoms with Crippen molar-refractivity contribution in [2.45, 2.75) is 0 Å². The van der Waals surface area contributed by atoms with Crippen LogP contribution in [0.25, 0.3) is 10.8 Å². The van der Waals surface area contributed by atoms with Gasteiger partial charge >= 0.3 is 14.8 Å². The molecule has 0 bridgehead atoms. The Balaban J connectivity index is 0.000000437. The molecule has 0 saturated heterocycles. The molecule has 0 aromatic heterocycles. The fourth-order valence-electron chi connectivity index (χ4n) is 1.44. The van der Waals surface area contributed by atoms with E-state index in [9.17, 15) is 0 Å². The Morgan fingerprint density at radius 3 is 2.06 bits per heavy atom. The normalized spacial score (nSPS) is 9.41. The number of nitrogen functional groups attached to an aromatic ring is 1. The van der Waals surface area contributed by atoms with E-state index in [4.69, 9.17) is 25.8 Å². The van der Waals surface area contributed by atoms with Crippen molar-refractivity contribution in [1.82, 2.24) is 0 Å². The number of rotatable bonds is 1. The van der Waals surface area contributed by atoms with Crippen molar-refractivity contribution in [3.05, 3.63) is 36.4 Å². The van der Waals surface area contributed by atoms with Crippen molar-refractivity contribution in [3.63, 3.8) is 0 Å². The zero-order chi connectivity index (χ0) is 12.8. The first-order chi connectivity index (χ1) is 8.08. The average molecular weight is 233 g/mol. The van der Waals surface area contributed by atoms with Crippen LogP contribution in [-0.4, -0.2) is 34.9 Å². The van der Waals surface area contributed by atoms with Gasteiger partial charge < -0.3 is 25.8 Å². The van der Waals surface area contributed by atoms with Crippen molar-refractivity contribution in [2.24, 2.45) is 0 Å². The molecular weight excluding hydrogens is 220 g/mol. The van der Waals surface area contributed by atoms with Gasteiger partial charge in [0.25, 0.3) is 0 Å². The van der Waals surface area contributed by atoms with Gasteiger partial charge in [0, 0.05) is 5.69 Å². The lowest BCUT2D eigenvalue weighted by atomic mass is 9.79. The van der Waals surface area contributed by atoms with Crippen molar-refractivity contribution in [2.75, 3.05) is 5.73 Å². The summed E-state index contributed by atoms with van der Waals surface area (Å²) in [6, 6.07) is 10.7. The summed E-state index contributed by atoms with van der Waals surface area (Å²) in [6.45, 7) is 0. The topological polar surface area (TPSA) is 107 Å². The second-order valence-corrected chi connectivity index (χ2v) is 3.38. The average Bonchev–Trinajstić information content (AvgIpc) is 2.29. The van der Waals surface area contributed by atoms with E-state index in [0.717, 1.165) is 10.8 Å². The lowest BCUT2D eigenvalue weighted by Crippen LogP contribution is -2.29. The van der Waals surface area contributed by atoms with Crippen LogP contribution in [0.4, 0.5) is 5.69 Å². The highest BCUT2D eigenvalue weighted by Gasteiger charge is 2.10. The molecule has 7 heteroatoms.